The van der Waals surface area contributed by atoms with E-state index in [1.807, 2.05) is 12.2 Å². The molecule has 3 aromatic heterocycles. The van der Waals surface area contributed by atoms with Crippen molar-refractivity contribution < 1.29 is 13.6 Å². The van der Waals surface area contributed by atoms with Crippen LogP contribution in [0.3, 0.4) is 0 Å². The van der Waals surface area contributed by atoms with Crippen LogP contribution in [0.5, 0.6) is 0 Å². The Hall–Kier alpha value is -3.74. The number of H-pyrrole nitrogens is 1. The molecule has 4 rings (SSSR count). The van der Waals surface area contributed by atoms with Crippen molar-refractivity contribution >= 4 is 34.8 Å². The summed E-state index contributed by atoms with van der Waals surface area (Å²) in [5, 5.41) is 10.6. The number of furan rings is 1. The highest BCUT2D eigenvalue weighted by Crippen LogP contribution is 2.21. The molecule has 6 nitrogen and oxygen atoms in total. The number of pyridine rings is 1. The number of carbonyl (C=O) groups is 1. The van der Waals surface area contributed by atoms with E-state index in [0.29, 0.717) is 11.5 Å². The number of hydrogen-bond acceptors (Lipinski definition) is 4. The molecule has 0 aliphatic heterocycles. The Kier molecular flexibility index (Phi) is 4.03. The van der Waals surface area contributed by atoms with Crippen molar-refractivity contribution in [3.63, 3.8) is 0 Å². The lowest BCUT2D eigenvalue weighted by molar-refractivity contribution is 0.0996. The van der Waals surface area contributed by atoms with Gasteiger partial charge in [0.25, 0.3) is 5.91 Å². The van der Waals surface area contributed by atoms with E-state index in [1.165, 1.54) is 18.4 Å². The van der Waals surface area contributed by atoms with Crippen LogP contribution in [-0.4, -0.2) is 21.1 Å². The second kappa shape index (κ2) is 6.64. The number of fused-ring (bicyclic) bond motifs is 1. The Morgan fingerprint density at radius 1 is 1.19 bits per heavy atom. The summed E-state index contributed by atoms with van der Waals surface area (Å²) < 4.78 is 18.0. The van der Waals surface area contributed by atoms with Gasteiger partial charge in [0.05, 0.1) is 23.7 Å². The number of benzene rings is 1. The van der Waals surface area contributed by atoms with Crippen molar-refractivity contribution in [2.45, 2.75) is 0 Å². The van der Waals surface area contributed by atoms with Gasteiger partial charge in [-0.1, -0.05) is 18.2 Å². The van der Waals surface area contributed by atoms with Crippen LogP contribution in [0.1, 0.15) is 21.8 Å². The molecular formula is C19H13FN4O2. The molecular weight excluding hydrogens is 335 g/mol. The first-order valence-corrected chi connectivity index (χ1v) is 7.82. The van der Waals surface area contributed by atoms with Gasteiger partial charge in [0.2, 0.25) is 0 Å². The lowest BCUT2D eigenvalue weighted by atomic mass is 10.1. The van der Waals surface area contributed by atoms with E-state index < -0.39 is 0 Å². The van der Waals surface area contributed by atoms with Gasteiger partial charge in [-0.05, 0) is 42.0 Å². The Balaban J connectivity index is 1.60. The van der Waals surface area contributed by atoms with Crippen LogP contribution in [0.25, 0.3) is 23.1 Å². The Labute approximate surface area is 147 Å². The Morgan fingerprint density at radius 2 is 2.04 bits per heavy atom. The monoisotopic (exact) mass is 348 g/mol. The van der Waals surface area contributed by atoms with Gasteiger partial charge < -0.3 is 9.73 Å². The molecule has 4 aromatic rings. The Morgan fingerprint density at radius 3 is 2.81 bits per heavy atom. The van der Waals surface area contributed by atoms with Crippen LogP contribution in [0, 0.1) is 5.82 Å². The fraction of sp³-hybridized carbons (Fsp3) is 0. The lowest BCUT2D eigenvalue weighted by Gasteiger charge is -2.02. The summed E-state index contributed by atoms with van der Waals surface area (Å²) in [4.78, 5) is 16.2. The van der Waals surface area contributed by atoms with Crippen LogP contribution in [0.2, 0.25) is 0 Å². The van der Waals surface area contributed by atoms with Crippen LogP contribution >= 0.6 is 0 Å². The summed E-state index contributed by atoms with van der Waals surface area (Å²) in [5.74, 6) is -0.0728. The van der Waals surface area contributed by atoms with Gasteiger partial charge in [-0.25, -0.2) is 9.37 Å². The highest BCUT2D eigenvalue weighted by atomic mass is 19.1. The standard InChI is InChI=1S/C19H13FN4O2/c20-13-6-3-12(4-7-13)5-8-15-14-10-18(21-11-16(14)24-23-15)22-19(25)17-2-1-9-26-17/h1-11H,(H,23,24)(H,21,22,25). The van der Waals surface area contributed by atoms with E-state index in [9.17, 15) is 9.18 Å². The van der Waals surface area contributed by atoms with Crippen molar-refractivity contribution in [2.24, 2.45) is 0 Å². The van der Waals surface area contributed by atoms with Gasteiger partial charge >= 0.3 is 0 Å². The zero-order chi connectivity index (χ0) is 17.9. The van der Waals surface area contributed by atoms with Gasteiger partial charge in [-0.3, -0.25) is 9.89 Å². The van der Waals surface area contributed by atoms with E-state index in [0.717, 1.165) is 16.5 Å². The molecule has 0 saturated heterocycles. The average molecular weight is 348 g/mol. The smallest absolute Gasteiger partial charge is 0.292 e. The quantitative estimate of drug-likeness (QED) is 0.581. The number of nitrogens with zero attached hydrogens (tertiary/aromatic N) is 2. The largest absolute Gasteiger partial charge is 0.459 e. The number of aromatic amines is 1. The molecule has 1 amide bonds. The fourth-order valence-corrected chi connectivity index (χ4v) is 2.47. The van der Waals surface area contributed by atoms with Crippen LogP contribution in [0.4, 0.5) is 10.2 Å². The highest BCUT2D eigenvalue weighted by molar-refractivity contribution is 6.02. The summed E-state index contributed by atoms with van der Waals surface area (Å²) in [7, 11) is 0. The first-order valence-electron chi connectivity index (χ1n) is 7.82. The molecule has 128 valence electrons. The molecule has 3 heterocycles. The summed E-state index contributed by atoms with van der Waals surface area (Å²) in [5.41, 5.74) is 2.27. The van der Waals surface area contributed by atoms with E-state index in [1.54, 1.807) is 36.5 Å². The maximum Gasteiger partial charge on any atom is 0.292 e. The zero-order valence-electron chi connectivity index (χ0n) is 13.4. The van der Waals surface area contributed by atoms with E-state index in [-0.39, 0.29) is 17.5 Å². The lowest BCUT2D eigenvalue weighted by Crippen LogP contribution is -2.11. The third-order valence-electron chi connectivity index (χ3n) is 3.77. The molecule has 0 saturated carbocycles. The predicted molar refractivity (Wildman–Crippen MR) is 95.9 cm³/mol. The van der Waals surface area contributed by atoms with Gasteiger partial charge in [-0.2, -0.15) is 5.10 Å². The van der Waals surface area contributed by atoms with Crippen LogP contribution < -0.4 is 5.32 Å². The summed E-state index contributed by atoms with van der Waals surface area (Å²) in [6.45, 7) is 0. The number of hydrogen-bond donors (Lipinski definition) is 2. The first-order chi connectivity index (χ1) is 12.7. The molecule has 0 aliphatic rings. The highest BCUT2D eigenvalue weighted by Gasteiger charge is 2.11. The first kappa shape index (κ1) is 15.8. The summed E-state index contributed by atoms with van der Waals surface area (Å²) >= 11 is 0. The molecule has 0 atom stereocenters. The van der Waals surface area contributed by atoms with Gasteiger partial charge in [0.1, 0.15) is 11.6 Å². The molecule has 7 heteroatoms. The molecule has 1 aromatic carbocycles. The normalized spacial score (nSPS) is 11.3. The minimum Gasteiger partial charge on any atom is -0.459 e. The third-order valence-corrected chi connectivity index (χ3v) is 3.77. The molecule has 0 spiro atoms. The summed E-state index contributed by atoms with van der Waals surface area (Å²) in [6.07, 6.45) is 6.66. The Bertz CT molecular complexity index is 1080. The third kappa shape index (κ3) is 3.23. The van der Waals surface area contributed by atoms with Crippen LogP contribution in [0.15, 0.2) is 59.3 Å². The minimum absolute atomic E-state index is 0.204. The van der Waals surface area contributed by atoms with Gasteiger partial charge in [-0.15, -0.1) is 0 Å². The van der Waals surface area contributed by atoms with E-state index in [4.69, 9.17) is 4.42 Å². The molecule has 0 fully saturated rings. The number of nitrogens with one attached hydrogen (secondary N) is 2. The number of carbonyl (C=O) groups excluding carboxylic acids is 1. The number of rotatable bonds is 4. The number of anilines is 1. The molecule has 0 aliphatic carbocycles. The van der Waals surface area contributed by atoms with E-state index >= 15 is 0 Å². The SMILES string of the molecule is O=C(Nc1cc2c(C=Cc3ccc(F)cc3)n[nH]c2cn1)c1ccco1. The van der Waals surface area contributed by atoms with E-state index in [2.05, 4.69) is 20.5 Å². The second-order valence-electron chi connectivity index (χ2n) is 5.54. The van der Waals surface area contributed by atoms with Crippen LogP contribution in [-0.2, 0) is 0 Å². The summed E-state index contributed by atoms with van der Waals surface area (Å²) in [6, 6.07) is 11.1. The van der Waals surface area contributed by atoms with Gasteiger partial charge in [0, 0.05) is 5.39 Å². The number of aromatic nitrogens is 3. The molecule has 0 unspecified atom stereocenters. The minimum atomic E-state index is -0.381. The van der Waals surface area contributed by atoms with Gasteiger partial charge in [0.15, 0.2) is 5.76 Å². The number of amides is 1. The maximum absolute atomic E-state index is 13.0. The molecule has 2 N–H and O–H groups in total. The zero-order valence-corrected chi connectivity index (χ0v) is 13.4. The van der Waals surface area contributed by atoms with Crippen molar-refractivity contribution in [1.29, 1.82) is 0 Å². The molecule has 0 radical (unpaired) electrons. The maximum atomic E-state index is 13.0. The predicted octanol–water partition coefficient (Wildman–Crippen LogP) is 4.11. The van der Waals surface area contributed by atoms with Crippen molar-refractivity contribution in [1.82, 2.24) is 15.2 Å². The van der Waals surface area contributed by atoms with Crippen molar-refractivity contribution in [3.05, 3.63) is 77.8 Å². The number of halogens is 1. The van der Waals surface area contributed by atoms with Crippen molar-refractivity contribution in [3.8, 4) is 0 Å². The second-order valence-corrected chi connectivity index (χ2v) is 5.54. The molecule has 26 heavy (non-hydrogen) atoms. The fourth-order valence-electron chi connectivity index (χ4n) is 2.47. The topological polar surface area (TPSA) is 83.8 Å². The average Bonchev–Trinajstić information content (AvgIpc) is 3.31. The molecule has 0 bridgehead atoms. The van der Waals surface area contributed by atoms with Crippen molar-refractivity contribution in [2.75, 3.05) is 5.32 Å².